The van der Waals surface area contributed by atoms with Gasteiger partial charge in [-0.05, 0) is 57.5 Å². The molecule has 1 aromatic carbocycles. The predicted molar refractivity (Wildman–Crippen MR) is 144 cm³/mol. The standard InChI is InChI=1S/C27H36N2O5S2/c1-5-33-26(32)20(14-13-19-10-7-6-8-11-19)28-21-18-36-23(22-12-9-15-35-22)16-29(25(21)31)17-24(30)34-27(2,3)4/h6-12,15,20-21,23,28H,5,13-14,16-18H2,1-4H3/t20-,21?,23?/m1/s1. The van der Waals surface area contributed by atoms with E-state index in [4.69, 9.17) is 9.47 Å². The van der Waals surface area contributed by atoms with Crippen LogP contribution in [0.15, 0.2) is 47.8 Å². The molecule has 2 aromatic rings. The molecule has 2 unspecified atom stereocenters. The van der Waals surface area contributed by atoms with E-state index in [0.717, 1.165) is 10.4 Å². The zero-order valence-electron chi connectivity index (χ0n) is 21.4. The number of carbonyl (C=O) groups is 3. The largest absolute Gasteiger partial charge is 0.465 e. The number of thioether (sulfide) groups is 1. The van der Waals surface area contributed by atoms with Crippen LogP contribution < -0.4 is 5.32 Å². The first kappa shape index (κ1) is 28.2. The summed E-state index contributed by atoms with van der Waals surface area (Å²) in [6.45, 7) is 7.72. The summed E-state index contributed by atoms with van der Waals surface area (Å²) in [6.07, 6.45) is 1.17. The summed E-state index contributed by atoms with van der Waals surface area (Å²) in [5.41, 5.74) is 0.470. The SMILES string of the molecule is CCOC(=O)[C@@H](CCc1ccccc1)NC1CSC(c2cccs2)CN(CC(=O)OC(C)(C)C)C1=O. The minimum Gasteiger partial charge on any atom is -0.465 e. The smallest absolute Gasteiger partial charge is 0.326 e. The number of carbonyl (C=O) groups excluding carboxylic acids is 3. The van der Waals surface area contributed by atoms with Gasteiger partial charge in [0.25, 0.3) is 0 Å². The molecule has 1 saturated heterocycles. The number of nitrogens with one attached hydrogen (secondary N) is 1. The predicted octanol–water partition coefficient (Wildman–Crippen LogP) is 4.23. The lowest BCUT2D eigenvalue weighted by Crippen LogP contribution is -2.54. The highest BCUT2D eigenvalue weighted by molar-refractivity contribution is 7.99. The van der Waals surface area contributed by atoms with Crippen molar-refractivity contribution in [2.24, 2.45) is 0 Å². The number of hydrogen-bond acceptors (Lipinski definition) is 8. The van der Waals surface area contributed by atoms with Crippen molar-refractivity contribution >= 4 is 40.9 Å². The van der Waals surface area contributed by atoms with E-state index in [9.17, 15) is 14.4 Å². The third-order valence-corrected chi connectivity index (χ3v) is 8.06. The first-order valence-electron chi connectivity index (χ1n) is 12.3. The Morgan fingerprint density at radius 2 is 1.92 bits per heavy atom. The number of rotatable bonds is 10. The Bertz CT molecular complexity index is 991. The molecule has 196 valence electrons. The summed E-state index contributed by atoms with van der Waals surface area (Å²) in [5, 5.41) is 5.33. The number of ether oxygens (including phenoxy) is 2. The molecule has 7 nitrogen and oxygen atoms in total. The summed E-state index contributed by atoms with van der Waals surface area (Å²) in [6, 6.07) is 12.7. The van der Waals surface area contributed by atoms with E-state index in [1.54, 1.807) is 55.7 Å². The van der Waals surface area contributed by atoms with E-state index in [0.29, 0.717) is 25.1 Å². The fraction of sp³-hybridized carbons (Fsp3) is 0.519. The first-order valence-corrected chi connectivity index (χ1v) is 14.2. The first-order chi connectivity index (χ1) is 17.2. The summed E-state index contributed by atoms with van der Waals surface area (Å²) < 4.78 is 10.8. The van der Waals surface area contributed by atoms with Crippen LogP contribution in [0, 0.1) is 0 Å². The number of benzene rings is 1. The number of nitrogens with zero attached hydrogens (tertiary/aromatic N) is 1. The lowest BCUT2D eigenvalue weighted by molar-refractivity contribution is -0.159. The van der Waals surface area contributed by atoms with Gasteiger partial charge in [0, 0.05) is 17.2 Å². The van der Waals surface area contributed by atoms with Crippen molar-refractivity contribution in [2.75, 3.05) is 25.4 Å². The maximum Gasteiger partial charge on any atom is 0.326 e. The Hall–Kier alpha value is -2.36. The second kappa shape index (κ2) is 13.3. The van der Waals surface area contributed by atoms with E-state index in [-0.39, 0.29) is 30.3 Å². The van der Waals surface area contributed by atoms with Crippen LogP contribution in [0.25, 0.3) is 0 Å². The van der Waals surface area contributed by atoms with Crippen LogP contribution in [0.2, 0.25) is 0 Å². The minimum absolute atomic E-state index is 0.0357. The van der Waals surface area contributed by atoms with Crippen LogP contribution in [-0.2, 0) is 30.3 Å². The van der Waals surface area contributed by atoms with Gasteiger partial charge in [-0.25, -0.2) is 0 Å². The van der Waals surface area contributed by atoms with Crippen molar-refractivity contribution < 1.29 is 23.9 Å². The Kier molecular flexibility index (Phi) is 10.4. The average Bonchev–Trinajstić information content (AvgIpc) is 3.31. The molecule has 36 heavy (non-hydrogen) atoms. The topological polar surface area (TPSA) is 84.9 Å². The molecule has 9 heteroatoms. The molecule has 1 aliphatic heterocycles. The molecule has 0 spiro atoms. The third-order valence-electron chi connectivity index (χ3n) is 5.60. The molecule has 0 aliphatic carbocycles. The molecule has 3 atom stereocenters. The quantitative estimate of drug-likeness (QED) is 0.459. The molecule has 3 rings (SSSR count). The summed E-state index contributed by atoms with van der Waals surface area (Å²) in [7, 11) is 0. The van der Waals surface area contributed by atoms with Gasteiger partial charge in [0.1, 0.15) is 18.2 Å². The molecular weight excluding hydrogens is 496 g/mol. The molecule has 1 amide bonds. The second-order valence-corrected chi connectivity index (χ2v) is 11.9. The van der Waals surface area contributed by atoms with Gasteiger partial charge in [-0.15, -0.1) is 23.1 Å². The van der Waals surface area contributed by atoms with Crippen molar-refractivity contribution in [3.8, 4) is 0 Å². The van der Waals surface area contributed by atoms with E-state index < -0.39 is 23.7 Å². The van der Waals surface area contributed by atoms with Gasteiger partial charge in [-0.1, -0.05) is 36.4 Å². The van der Waals surface area contributed by atoms with Gasteiger partial charge in [0.2, 0.25) is 5.91 Å². The van der Waals surface area contributed by atoms with Gasteiger partial charge >= 0.3 is 11.9 Å². The lowest BCUT2D eigenvalue weighted by Gasteiger charge is -2.28. The molecule has 2 heterocycles. The Balaban J connectivity index is 1.78. The number of aryl methyl sites for hydroxylation is 1. The van der Waals surface area contributed by atoms with Gasteiger partial charge in [-0.3, -0.25) is 19.7 Å². The monoisotopic (exact) mass is 532 g/mol. The average molecular weight is 533 g/mol. The molecule has 1 fully saturated rings. The number of amides is 1. The fourth-order valence-corrected chi connectivity index (χ4v) is 6.26. The Morgan fingerprint density at radius 1 is 1.17 bits per heavy atom. The maximum absolute atomic E-state index is 13.6. The van der Waals surface area contributed by atoms with Crippen molar-refractivity contribution in [1.82, 2.24) is 10.2 Å². The van der Waals surface area contributed by atoms with E-state index in [1.165, 1.54) is 0 Å². The van der Waals surface area contributed by atoms with E-state index >= 15 is 0 Å². The molecule has 1 aliphatic rings. The van der Waals surface area contributed by atoms with Crippen LogP contribution in [0.4, 0.5) is 0 Å². The van der Waals surface area contributed by atoms with Crippen molar-refractivity contribution in [2.45, 2.75) is 63.5 Å². The van der Waals surface area contributed by atoms with Crippen LogP contribution >= 0.6 is 23.1 Å². The molecule has 1 N–H and O–H groups in total. The molecule has 0 radical (unpaired) electrons. The van der Waals surface area contributed by atoms with Crippen molar-refractivity contribution in [3.05, 3.63) is 58.3 Å². The van der Waals surface area contributed by atoms with E-state index in [2.05, 4.69) is 5.32 Å². The highest BCUT2D eigenvalue weighted by Gasteiger charge is 2.36. The number of thiophene rings is 1. The number of hydrogen-bond donors (Lipinski definition) is 1. The Labute approximate surface area is 221 Å². The molecule has 0 saturated carbocycles. The van der Waals surface area contributed by atoms with Crippen LogP contribution in [0.3, 0.4) is 0 Å². The highest BCUT2D eigenvalue weighted by Crippen LogP contribution is 2.35. The third kappa shape index (κ3) is 8.64. The van der Waals surface area contributed by atoms with Crippen LogP contribution in [-0.4, -0.2) is 65.9 Å². The Morgan fingerprint density at radius 3 is 2.56 bits per heavy atom. The normalized spacial score (nSPS) is 19.4. The maximum atomic E-state index is 13.6. The number of esters is 2. The van der Waals surface area contributed by atoms with Gasteiger partial charge in [-0.2, -0.15) is 0 Å². The molecular formula is C27H36N2O5S2. The van der Waals surface area contributed by atoms with Gasteiger partial charge in [0.15, 0.2) is 0 Å². The van der Waals surface area contributed by atoms with Crippen molar-refractivity contribution in [3.63, 3.8) is 0 Å². The van der Waals surface area contributed by atoms with Crippen LogP contribution in [0.5, 0.6) is 0 Å². The van der Waals surface area contributed by atoms with Crippen LogP contribution in [0.1, 0.15) is 49.8 Å². The lowest BCUT2D eigenvalue weighted by atomic mass is 10.0. The zero-order valence-corrected chi connectivity index (χ0v) is 23.0. The highest BCUT2D eigenvalue weighted by atomic mass is 32.2. The summed E-state index contributed by atoms with van der Waals surface area (Å²) >= 11 is 3.29. The minimum atomic E-state index is -0.641. The van der Waals surface area contributed by atoms with Crippen molar-refractivity contribution in [1.29, 1.82) is 0 Å². The molecule has 0 bridgehead atoms. The van der Waals surface area contributed by atoms with Gasteiger partial charge in [0.05, 0.1) is 17.9 Å². The summed E-state index contributed by atoms with van der Waals surface area (Å²) in [4.78, 5) is 41.8. The zero-order chi connectivity index (χ0) is 26.1. The second-order valence-electron chi connectivity index (χ2n) is 9.69. The fourth-order valence-electron chi connectivity index (χ4n) is 4.00. The van der Waals surface area contributed by atoms with Gasteiger partial charge < -0.3 is 14.4 Å². The molecule has 1 aromatic heterocycles. The summed E-state index contributed by atoms with van der Waals surface area (Å²) in [5.74, 6) is -0.546. The van der Waals surface area contributed by atoms with E-state index in [1.807, 2.05) is 47.8 Å².